The van der Waals surface area contributed by atoms with E-state index in [0.717, 1.165) is 61.4 Å². The van der Waals surface area contributed by atoms with Crippen molar-refractivity contribution in [3.05, 3.63) is 17.3 Å². The number of nitrogens with zero attached hydrogens (tertiary/aromatic N) is 6. The second-order valence-corrected chi connectivity index (χ2v) is 10.1. The monoisotopic (exact) mass is 486 g/mol. The summed E-state index contributed by atoms with van der Waals surface area (Å²) < 4.78 is 38.6. The van der Waals surface area contributed by atoms with Gasteiger partial charge in [-0.2, -0.15) is 30.9 Å². The third-order valence-corrected chi connectivity index (χ3v) is 7.81. The molecule has 0 amide bonds. The largest absolute Gasteiger partial charge is 0.393 e. The van der Waals surface area contributed by atoms with Crippen molar-refractivity contribution in [1.82, 2.24) is 19.9 Å². The molecule has 0 aliphatic carbocycles. The Hall–Kier alpha value is -1.59. The first kappa shape index (κ1) is 23.6. The Bertz CT molecular complexity index is 949. The summed E-state index contributed by atoms with van der Waals surface area (Å²) in [6.07, 6.45) is 1.35. The summed E-state index contributed by atoms with van der Waals surface area (Å²) in [5.41, 5.74) is 0. The van der Waals surface area contributed by atoms with Gasteiger partial charge in [0.15, 0.2) is 0 Å². The van der Waals surface area contributed by atoms with Gasteiger partial charge >= 0.3 is 6.18 Å². The highest BCUT2D eigenvalue weighted by Crippen LogP contribution is 2.35. The first-order chi connectivity index (χ1) is 15.2. The lowest BCUT2D eigenvalue weighted by Gasteiger charge is -2.37. The maximum atomic E-state index is 12.9. The second-order valence-electron chi connectivity index (χ2n) is 8.66. The molecular formula is C21H29F3N6S2. The fourth-order valence-electron chi connectivity index (χ4n) is 4.75. The summed E-state index contributed by atoms with van der Waals surface area (Å²) >= 11 is 5.74. The van der Waals surface area contributed by atoms with Crippen LogP contribution in [0.3, 0.4) is 0 Å². The topological polar surface area (TPSA) is 47.9 Å². The zero-order valence-corrected chi connectivity index (χ0v) is 20.0. The maximum Gasteiger partial charge on any atom is 0.393 e. The number of hydrazone groups is 1. The molecule has 11 heteroatoms. The molecule has 4 heterocycles. The van der Waals surface area contributed by atoms with Gasteiger partial charge in [-0.15, -0.1) is 11.3 Å². The maximum absolute atomic E-state index is 12.9. The fraction of sp³-hybridized carbons (Fsp3) is 0.667. The van der Waals surface area contributed by atoms with E-state index < -0.39 is 12.6 Å². The third-order valence-electron chi connectivity index (χ3n) is 6.44. The lowest BCUT2D eigenvalue weighted by Crippen LogP contribution is -2.46. The van der Waals surface area contributed by atoms with Gasteiger partial charge in [-0.25, -0.2) is 9.97 Å². The van der Waals surface area contributed by atoms with Gasteiger partial charge in [0.05, 0.1) is 11.8 Å². The summed E-state index contributed by atoms with van der Waals surface area (Å²) in [7, 11) is 1.99. The van der Waals surface area contributed by atoms with E-state index in [1.165, 1.54) is 6.33 Å². The van der Waals surface area contributed by atoms with Gasteiger partial charge in [0.1, 0.15) is 17.0 Å². The highest BCUT2D eigenvalue weighted by molar-refractivity contribution is 7.80. The Morgan fingerprint density at radius 2 is 2.09 bits per heavy atom. The summed E-state index contributed by atoms with van der Waals surface area (Å²) in [6, 6.07) is 2.35. The molecular weight excluding hydrogens is 457 g/mol. The molecule has 0 N–H and O–H groups in total. The van der Waals surface area contributed by atoms with Crippen LogP contribution in [0.25, 0.3) is 10.2 Å². The smallest absolute Gasteiger partial charge is 0.356 e. The van der Waals surface area contributed by atoms with E-state index in [1.54, 1.807) is 6.07 Å². The van der Waals surface area contributed by atoms with Gasteiger partial charge in [-0.05, 0) is 32.3 Å². The minimum atomic E-state index is -4.23. The minimum Gasteiger partial charge on any atom is -0.356 e. The molecule has 0 spiro atoms. The van der Waals surface area contributed by atoms with Crippen LogP contribution in [-0.2, 0) is 6.42 Å². The van der Waals surface area contributed by atoms with E-state index in [1.807, 2.05) is 18.3 Å². The minimum absolute atomic E-state index is 0.278. The Morgan fingerprint density at radius 1 is 1.28 bits per heavy atom. The standard InChI is InChI=1S/C21H29F3N6S2/c1-14(15-10-27-28(2)11-15)30(13-31)16-4-3-6-29(7-5-16)19-18-8-17(9-21(22,23)24)32-20(18)26-12-25-19/h8,10,12,14-16,31H,3-7,9,11,13H2,1-2H3/t14-,15?,16-/m0/s1. The van der Waals surface area contributed by atoms with Crippen LogP contribution in [-0.4, -0.2) is 76.9 Å². The van der Waals surface area contributed by atoms with Crippen LogP contribution >= 0.6 is 24.0 Å². The summed E-state index contributed by atoms with van der Waals surface area (Å²) in [5, 5.41) is 7.08. The third kappa shape index (κ3) is 5.31. The molecule has 4 rings (SSSR count). The first-order valence-corrected chi connectivity index (χ1v) is 12.4. The lowest BCUT2D eigenvalue weighted by molar-refractivity contribution is -0.126. The molecule has 1 unspecified atom stereocenters. The highest BCUT2D eigenvalue weighted by Gasteiger charge is 2.32. The van der Waals surface area contributed by atoms with Crippen molar-refractivity contribution in [3.63, 3.8) is 0 Å². The molecule has 6 nitrogen and oxygen atoms in total. The Balaban J connectivity index is 1.48. The zero-order chi connectivity index (χ0) is 22.9. The molecule has 176 valence electrons. The van der Waals surface area contributed by atoms with Crippen LogP contribution in [0.2, 0.25) is 0 Å². The van der Waals surface area contributed by atoms with Crippen molar-refractivity contribution in [2.75, 3.05) is 37.5 Å². The van der Waals surface area contributed by atoms with Gasteiger partial charge in [0.2, 0.25) is 0 Å². The molecule has 1 saturated heterocycles. The number of fused-ring (bicyclic) bond motifs is 1. The SMILES string of the molecule is C[C@@H](C1C=NN(C)C1)N(CS)[C@H]1CCCN(c2ncnc3sc(CC(F)(F)F)cc23)CC1. The molecule has 2 aromatic rings. The van der Waals surface area contributed by atoms with Crippen LogP contribution in [0.5, 0.6) is 0 Å². The number of hydrogen-bond donors (Lipinski definition) is 1. The summed E-state index contributed by atoms with van der Waals surface area (Å²) in [4.78, 5) is 14.3. The van der Waals surface area contributed by atoms with E-state index in [4.69, 9.17) is 0 Å². The number of rotatable bonds is 6. The Kier molecular flexibility index (Phi) is 7.16. The van der Waals surface area contributed by atoms with Gasteiger partial charge in [0, 0.05) is 61.7 Å². The molecule has 0 saturated carbocycles. The van der Waals surface area contributed by atoms with Gasteiger partial charge in [-0.1, -0.05) is 0 Å². The molecule has 0 bridgehead atoms. The number of thiol groups is 1. The summed E-state index contributed by atoms with van der Waals surface area (Å²) in [6.45, 7) is 4.80. The molecule has 32 heavy (non-hydrogen) atoms. The van der Waals surface area contributed by atoms with Gasteiger partial charge in [0.25, 0.3) is 0 Å². The molecule has 0 aromatic carbocycles. The van der Waals surface area contributed by atoms with Gasteiger partial charge in [-0.3, -0.25) is 9.91 Å². The quantitative estimate of drug-likeness (QED) is 0.488. The number of thiophene rings is 1. The van der Waals surface area contributed by atoms with Crippen molar-refractivity contribution < 1.29 is 13.2 Å². The van der Waals surface area contributed by atoms with Crippen molar-refractivity contribution in [2.45, 2.75) is 50.9 Å². The Morgan fingerprint density at radius 3 is 2.78 bits per heavy atom. The molecule has 0 radical (unpaired) electrons. The van der Waals surface area contributed by atoms with E-state index in [2.05, 4.69) is 44.4 Å². The predicted molar refractivity (Wildman–Crippen MR) is 127 cm³/mol. The van der Waals surface area contributed by atoms with Crippen LogP contribution in [0.1, 0.15) is 31.1 Å². The summed E-state index contributed by atoms with van der Waals surface area (Å²) in [5.74, 6) is 1.81. The van der Waals surface area contributed by atoms with Crippen LogP contribution in [0, 0.1) is 5.92 Å². The number of anilines is 1. The predicted octanol–water partition coefficient (Wildman–Crippen LogP) is 4.28. The van der Waals surface area contributed by atoms with E-state index in [0.29, 0.717) is 28.7 Å². The molecule has 2 aliphatic heterocycles. The van der Waals surface area contributed by atoms with Crippen molar-refractivity contribution >= 4 is 46.2 Å². The lowest BCUT2D eigenvalue weighted by atomic mass is 9.98. The average molecular weight is 487 g/mol. The van der Waals surface area contributed by atoms with Crippen molar-refractivity contribution in [2.24, 2.45) is 11.0 Å². The molecule has 3 atom stereocenters. The fourth-order valence-corrected chi connectivity index (χ4v) is 6.26. The van der Waals surface area contributed by atoms with Crippen molar-refractivity contribution in [1.29, 1.82) is 0 Å². The highest BCUT2D eigenvalue weighted by atomic mass is 32.1. The van der Waals surface area contributed by atoms with E-state index in [9.17, 15) is 13.2 Å². The molecule has 2 aromatic heterocycles. The molecule has 2 aliphatic rings. The average Bonchev–Trinajstić information content (AvgIpc) is 3.26. The van der Waals surface area contributed by atoms with E-state index in [-0.39, 0.29) is 4.88 Å². The second kappa shape index (κ2) is 9.72. The normalized spacial score (nSPS) is 23.3. The van der Waals surface area contributed by atoms with E-state index >= 15 is 0 Å². The van der Waals surface area contributed by atoms with Crippen LogP contribution in [0.4, 0.5) is 19.0 Å². The number of alkyl halides is 3. The molecule has 1 fully saturated rings. The first-order valence-electron chi connectivity index (χ1n) is 10.9. The zero-order valence-electron chi connectivity index (χ0n) is 18.3. The number of hydrogen-bond acceptors (Lipinski definition) is 8. The number of halogens is 3. The van der Waals surface area contributed by atoms with Gasteiger partial charge < -0.3 is 4.90 Å². The van der Waals surface area contributed by atoms with Crippen LogP contribution in [0.15, 0.2) is 17.5 Å². The van der Waals surface area contributed by atoms with Crippen molar-refractivity contribution in [3.8, 4) is 0 Å². The van der Waals surface area contributed by atoms with Crippen LogP contribution < -0.4 is 4.90 Å². The Labute approximate surface area is 195 Å². The number of aromatic nitrogens is 2.